The Labute approximate surface area is 197 Å². The number of nitrogens with one attached hydrogen (secondary N) is 3. The Morgan fingerprint density at radius 2 is 1.88 bits per heavy atom. The molecule has 4 rings (SSSR count). The number of carbonyl (C=O) groups excluding carboxylic acids is 3. The summed E-state index contributed by atoms with van der Waals surface area (Å²) < 4.78 is 5.18. The highest BCUT2D eigenvalue weighted by atomic mass is 16.5. The lowest BCUT2D eigenvalue weighted by atomic mass is 9.92. The van der Waals surface area contributed by atoms with Crippen LogP contribution in [-0.4, -0.2) is 47.4 Å². The molecule has 1 aromatic heterocycles. The van der Waals surface area contributed by atoms with Crippen molar-refractivity contribution in [1.29, 1.82) is 0 Å². The van der Waals surface area contributed by atoms with E-state index in [4.69, 9.17) is 4.74 Å². The highest BCUT2D eigenvalue weighted by molar-refractivity contribution is 6.04. The van der Waals surface area contributed by atoms with Crippen LogP contribution in [0.3, 0.4) is 0 Å². The molecule has 1 aromatic carbocycles. The van der Waals surface area contributed by atoms with Gasteiger partial charge in [-0.3, -0.25) is 19.4 Å². The molecule has 3 heterocycles. The monoisotopic (exact) mass is 467 g/mol. The summed E-state index contributed by atoms with van der Waals surface area (Å²) in [5, 5.41) is 5.38. The number of aromatic amines is 1. The van der Waals surface area contributed by atoms with Crippen LogP contribution in [0.25, 0.3) is 0 Å². The number of hydrogen-bond donors (Lipinski definition) is 3. The summed E-state index contributed by atoms with van der Waals surface area (Å²) in [5.74, 6) is -1.73. The minimum atomic E-state index is -0.978. The Morgan fingerprint density at radius 3 is 2.59 bits per heavy atom. The highest BCUT2D eigenvalue weighted by Crippen LogP contribution is 2.30. The molecule has 0 radical (unpaired) electrons. The SMILES string of the molecule is CCCCOC(=O)c1ccc(NC(=O)C2CC(=O)Nc3nc(N4CCCCC4)[nH]c(=O)c32)cc1. The standard InChI is InChI=1S/C24H29N5O5/c1-2-3-13-34-23(33)15-7-9-16(10-8-15)25-21(31)17-14-18(30)26-20-19(17)22(32)28-24(27-20)29-11-5-4-6-12-29/h7-10,17H,2-6,11-14H2,1H3,(H,25,31)(H2,26,27,28,30,32). The summed E-state index contributed by atoms with van der Waals surface area (Å²) in [5.41, 5.74) is 0.532. The summed E-state index contributed by atoms with van der Waals surface area (Å²) in [7, 11) is 0. The van der Waals surface area contributed by atoms with Crippen molar-refractivity contribution in [3.8, 4) is 0 Å². The first kappa shape index (κ1) is 23.5. The molecule has 1 unspecified atom stereocenters. The van der Waals surface area contributed by atoms with Crippen molar-refractivity contribution in [1.82, 2.24) is 9.97 Å². The molecule has 1 saturated heterocycles. The number of esters is 1. The number of benzene rings is 1. The van der Waals surface area contributed by atoms with Crippen LogP contribution < -0.4 is 21.1 Å². The topological polar surface area (TPSA) is 133 Å². The van der Waals surface area contributed by atoms with E-state index < -0.39 is 23.4 Å². The molecule has 10 heteroatoms. The predicted molar refractivity (Wildman–Crippen MR) is 127 cm³/mol. The number of fused-ring (bicyclic) bond motifs is 1. The number of anilines is 3. The number of H-pyrrole nitrogens is 1. The smallest absolute Gasteiger partial charge is 0.338 e. The molecular weight excluding hydrogens is 438 g/mol. The van der Waals surface area contributed by atoms with Gasteiger partial charge in [-0.1, -0.05) is 13.3 Å². The number of nitrogens with zero attached hydrogens (tertiary/aromatic N) is 2. The molecule has 2 aromatic rings. The first-order valence-electron chi connectivity index (χ1n) is 11.7. The van der Waals surface area contributed by atoms with E-state index in [-0.39, 0.29) is 23.7 Å². The van der Waals surface area contributed by atoms with E-state index in [2.05, 4.69) is 20.6 Å². The summed E-state index contributed by atoms with van der Waals surface area (Å²) >= 11 is 0. The number of piperidine rings is 1. The molecule has 0 saturated carbocycles. The van der Waals surface area contributed by atoms with Crippen LogP contribution in [-0.2, 0) is 14.3 Å². The summed E-state index contributed by atoms with van der Waals surface area (Å²) in [6.45, 7) is 3.93. The Kier molecular flexibility index (Phi) is 7.24. The van der Waals surface area contributed by atoms with E-state index in [1.54, 1.807) is 24.3 Å². The molecule has 0 aliphatic carbocycles. The zero-order valence-corrected chi connectivity index (χ0v) is 19.2. The molecule has 180 valence electrons. The van der Waals surface area contributed by atoms with Gasteiger partial charge in [-0.2, -0.15) is 4.98 Å². The van der Waals surface area contributed by atoms with Crippen LogP contribution in [0.2, 0.25) is 0 Å². The van der Waals surface area contributed by atoms with Gasteiger partial charge in [0.15, 0.2) is 0 Å². The molecule has 1 atom stereocenters. The van der Waals surface area contributed by atoms with Crippen LogP contribution in [0, 0.1) is 0 Å². The van der Waals surface area contributed by atoms with Crippen LogP contribution in [0.4, 0.5) is 17.5 Å². The van der Waals surface area contributed by atoms with Crippen molar-refractivity contribution in [3.63, 3.8) is 0 Å². The Morgan fingerprint density at radius 1 is 1.15 bits per heavy atom. The number of ether oxygens (including phenoxy) is 1. The third-order valence-corrected chi connectivity index (χ3v) is 6.03. The molecule has 0 spiro atoms. The van der Waals surface area contributed by atoms with Crippen LogP contribution >= 0.6 is 0 Å². The van der Waals surface area contributed by atoms with Gasteiger partial charge < -0.3 is 20.3 Å². The Balaban J connectivity index is 1.49. The lowest BCUT2D eigenvalue weighted by molar-refractivity contribution is -0.123. The maximum absolute atomic E-state index is 13.0. The van der Waals surface area contributed by atoms with Gasteiger partial charge in [0, 0.05) is 25.2 Å². The zero-order chi connectivity index (χ0) is 24.1. The average Bonchev–Trinajstić information content (AvgIpc) is 2.84. The number of aromatic nitrogens is 2. The molecule has 10 nitrogen and oxygen atoms in total. The Bertz CT molecular complexity index is 1120. The van der Waals surface area contributed by atoms with Crippen LogP contribution in [0.1, 0.15) is 67.3 Å². The van der Waals surface area contributed by atoms with E-state index in [0.29, 0.717) is 23.8 Å². The van der Waals surface area contributed by atoms with E-state index in [0.717, 1.165) is 45.2 Å². The normalized spacial score (nSPS) is 17.5. The fraction of sp³-hybridized carbons (Fsp3) is 0.458. The second-order valence-corrected chi connectivity index (χ2v) is 8.56. The molecule has 2 amide bonds. The van der Waals surface area contributed by atoms with Crippen molar-refractivity contribution < 1.29 is 19.1 Å². The number of carbonyl (C=O) groups is 3. The number of rotatable bonds is 7. The largest absolute Gasteiger partial charge is 0.462 e. The lowest BCUT2D eigenvalue weighted by Crippen LogP contribution is -2.38. The van der Waals surface area contributed by atoms with E-state index >= 15 is 0 Å². The molecule has 2 aliphatic heterocycles. The third-order valence-electron chi connectivity index (χ3n) is 6.03. The number of unbranched alkanes of at least 4 members (excludes halogenated alkanes) is 1. The minimum absolute atomic E-state index is 0.130. The highest BCUT2D eigenvalue weighted by Gasteiger charge is 2.35. The predicted octanol–water partition coefficient (Wildman–Crippen LogP) is 2.78. The van der Waals surface area contributed by atoms with E-state index in [9.17, 15) is 19.2 Å². The third kappa shape index (κ3) is 5.27. The van der Waals surface area contributed by atoms with Gasteiger partial charge in [0.05, 0.1) is 23.7 Å². The first-order valence-corrected chi connectivity index (χ1v) is 11.7. The minimum Gasteiger partial charge on any atom is -0.462 e. The van der Waals surface area contributed by atoms with Crippen LogP contribution in [0.15, 0.2) is 29.1 Å². The van der Waals surface area contributed by atoms with E-state index in [1.807, 2.05) is 11.8 Å². The second-order valence-electron chi connectivity index (χ2n) is 8.56. The van der Waals surface area contributed by atoms with Gasteiger partial charge in [-0.05, 0) is 49.9 Å². The van der Waals surface area contributed by atoms with Gasteiger partial charge in [-0.15, -0.1) is 0 Å². The van der Waals surface area contributed by atoms with Crippen molar-refractivity contribution in [2.24, 2.45) is 0 Å². The fourth-order valence-corrected chi connectivity index (χ4v) is 4.15. The molecule has 1 fully saturated rings. The molecule has 0 bridgehead atoms. The Hall–Kier alpha value is -3.69. The first-order chi connectivity index (χ1) is 16.5. The van der Waals surface area contributed by atoms with Gasteiger partial charge >= 0.3 is 5.97 Å². The molecule has 3 N–H and O–H groups in total. The second kappa shape index (κ2) is 10.5. The molecule has 34 heavy (non-hydrogen) atoms. The van der Waals surface area contributed by atoms with Crippen molar-refractivity contribution >= 4 is 35.2 Å². The van der Waals surface area contributed by atoms with Gasteiger partial charge in [0.2, 0.25) is 17.8 Å². The van der Waals surface area contributed by atoms with Gasteiger partial charge in [-0.25, -0.2) is 4.79 Å². The van der Waals surface area contributed by atoms with Gasteiger partial charge in [0.25, 0.3) is 5.56 Å². The fourth-order valence-electron chi connectivity index (χ4n) is 4.15. The summed E-state index contributed by atoms with van der Waals surface area (Å²) in [6.07, 6.45) is 4.71. The average molecular weight is 468 g/mol. The van der Waals surface area contributed by atoms with E-state index in [1.165, 1.54) is 0 Å². The summed E-state index contributed by atoms with van der Waals surface area (Å²) in [4.78, 5) is 59.5. The number of amides is 2. The van der Waals surface area contributed by atoms with Crippen LogP contribution in [0.5, 0.6) is 0 Å². The maximum atomic E-state index is 13.0. The zero-order valence-electron chi connectivity index (χ0n) is 19.2. The number of hydrogen-bond acceptors (Lipinski definition) is 7. The quantitative estimate of drug-likeness (QED) is 0.421. The molecule has 2 aliphatic rings. The van der Waals surface area contributed by atoms with Gasteiger partial charge in [0.1, 0.15) is 5.82 Å². The lowest BCUT2D eigenvalue weighted by Gasteiger charge is -2.29. The van der Waals surface area contributed by atoms with Crippen molar-refractivity contribution in [2.45, 2.75) is 51.4 Å². The maximum Gasteiger partial charge on any atom is 0.338 e. The van der Waals surface area contributed by atoms with Crippen molar-refractivity contribution in [3.05, 3.63) is 45.7 Å². The van der Waals surface area contributed by atoms with Crippen molar-refractivity contribution in [2.75, 3.05) is 35.2 Å². The molecular formula is C24H29N5O5. The summed E-state index contributed by atoms with van der Waals surface area (Å²) in [6, 6.07) is 6.29.